The lowest BCUT2D eigenvalue weighted by Crippen LogP contribution is -2.32. The zero-order valence-corrected chi connectivity index (χ0v) is 22.2. The highest BCUT2D eigenvalue weighted by Gasteiger charge is 2.23. The molecule has 196 valence electrons. The van der Waals surface area contributed by atoms with E-state index in [1.807, 2.05) is 74.6 Å². The summed E-state index contributed by atoms with van der Waals surface area (Å²) >= 11 is 0. The Morgan fingerprint density at radius 3 is 2.60 bits per heavy atom. The first-order valence-corrected chi connectivity index (χ1v) is 12.8. The molecule has 9 heteroatoms. The number of nitrogens with one attached hydrogen (secondary N) is 1. The van der Waals surface area contributed by atoms with Crippen LogP contribution in [0.4, 0.5) is 0 Å². The molecule has 0 saturated carbocycles. The summed E-state index contributed by atoms with van der Waals surface area (Å²) in [6.07, 6.45) is 5.06. The van der Waals surface area contributed by atoms with Crippen LogP contribution in [-0.4, -0.2) is 34.9 Å². The summed E-state index contributed by atoms with van der Waals surface area (Å²) in [5.41, 5.74) is 3.90. The number of fused-ring (bicyclic) bond motifs is 2. The summed E-state index contributed by atoms with van der Waals surface area (Å²) in [5, 5.41) is 12.9. The summed E-state index contributed by atoms with van der Waals surface area (Å²) in [6.45, 7) is 3.64. The van der Waals surface area contributed by atoms with Crippen molar-refractivity contribution in [2.75, 3.05) is 0 Å². The molecule has 2 aromatic carbocycles. The molecule has 0 aliphatic rings. The monoisotopic (exact) mass is 527 g/mol. The normalized spacial score (nSPS) is 11.8. The molecule has 0 aliphatic heterocycles. The number of hydrogen-bond donors (Lipinski definition) is 1. The third-order valence-electron chi connectivity index (χ3n) is 6.82. The van der Waals surface area contributed by atoms with Crippen molar-refractivity contribution >= 4 is 22.3 Å². The molecule has 40 heavy (non-hydrogen) atoms. The number of carbonyl (C=O) groups is 1. The Hall–Kier alpha value is -5.49. The molecule has 4 heterocycles. The standard InChI is InChI=1S/C31H25N7O2/c1-20(34-30(39)27-21(2)35-37-18-8-16-32-29(27)37)26-19-23-10-7-9-22(13-14-24-15-17-33-36(24)3)28(23)31(40)38(26)25-11-5-4-6-12-25/h4-12,15-20H,1-3H3,(H,34,39). The summed E-state index contributed by atoms with van der Waals surface area (Å²) in [4.78, 5) is 32.0. The van der Waals surface area contributed by atoms with Crippen LogP contribution in [-0.2, 0) is 7.05 Å². The van der Waals surface area contributed by atoms with E-state index in [1.54, 1.807) is 45.3 Å². The van der Waals surface area contributed by atoms with Crippen LogP contribution in [0.15, 0.2) is 90.1 Å². The van der Waals surface area contributed by atoms with Crippen LogP contribution in [0.25, 0.3) is 22.1 Å². The molecule has 4 aromatic heterocycles. The zero-order valence-electron chi connectivity index (χ0n) is 22.2. The topological polar surface area (TPSA) is 99.1 Å². The van der Waals surface area contributed by atoms with Gasteiger partial charge in [-0.1, -0.05) is 36.3 Å². The Balaban J connectivity index is 1.48. The fourth-order valence-electron chi connectivity index (χ4n) is 4.88. The molecule has 0 bridgehead atoms. The van der Waals surface area contributed by atoms with Crippen LogP contribution in [0.3, 0.4) is 0 Å². The molecular weight excluding hydrogens is 502 g/mol. The molecule has 6 rings (SSSR count). The minimum Gasteiger partial charge on any atom is -0.344 e. The van der Waals surface area contributed by atoms with Crippen molar-refractivity contribution in [3.63, 3.8) is 0 Å². The first-order chi connectivity index (χ1) is 19.4. The Labute approximate surface area is 229 Å². The van der Waals surface area contributed by atoms with Gasteiger partial charge in [-0.3, -0.25) is 18.8 Å². The number of rotatable bonds is 4. The van der Waals surface area contributed by atoms with Gasteiger partial charge in [-0.15, -0.1) is 0 Å². The fourth-order valence-corrected chi connectivity index (χ4v) is 4.88. The van der Waals surface area contributed by atoms with E-state index in [9.17, 15) is 9.59 Å². The number of nitrogens with zero attached hydrogens (tertiary/aromatic N) is 6. The largest absolute Gasteiger partial charge is 0.344 e. The van der Waals surface area contributed by atoms with Crippen molar-refractivity contribution in [2.45, 2.75) is 19.9 Å². The Morgan fingerprint density at radius 1 is 1.00 bits per heavy atom. The average molecular weight is 528 g/mol. The van der Waals surface area contributed by atoms with E-state index in [0.29, 0.717) is 39.2 Å². The van der Waals surface area contributed by atoms with Crippen LogP contribution in [0.2, 0.25) is 0 Å². The molecular formula is C31H25N7O2. The van der Waals surface area contributed by atoms with Crippen LogP contribution in [0.1, 0.15) is 46.0 Å². The maximum Gasteiger partial charge on any atom is 0.264 e. The van der Waals surface area contributed by atoms with Crippen molar-refractivity contribution < 1.29 is 4.79 Å². The second-order valence-electron chi connectivity index (χ2n) is 9.45. The lowest BCUT2D eigenvalue weighted by atomic mass is 10.0. The Morgan fingerprint density at radius 2 is 1.82 bits per heavy atom. The summed E-state index contributed by atoms with van der Waals surface area (Å²) < 4.78 is 4.91. The van der Waals surface area contributed by atoms with E-state index >= 15 is 0 Å². The number of hydrogen-bond acceptors (Lipinski definition) is 5. The van der Waals surface area contributed by atoms with Gasteiger partial charge < -0.3 is 5.32 Å². The number of benzene rings is 2. The lowest BCUT2D eigenvalue weighted by molar-refractivity contribution is 0.0939. The fraction of sp³-hybridized carbons (Fsp3) is 0.129. The van der Waals surface area contributed by atoms with Gasteiger partial charge in [0.2, 0.25) is 0 Å². The molecule has 0 aliphatic carbocycles. The second kappa shape index (κ2) is 10.0. The van der Waals surface area contributed by atoms with Crippen molar-refractivity contribution in [1.29, 1.82) is 0 Å². The van der Waals surface area contributed by atoms with E-state index in [2.05, 4.69) is 32.3 Å². The predicted molar refractivity (Wildman–Crippen MR) is 152 cm³/mol. The van der Waals surface area contributed by atoms with Crippen LogP contribution >= 0.6 is 0 Å². The van der Waals surface area contributed by atoms with Crippen molar-refractivity contribution in [2.24, 2.45) is 7.05 Å². The van der Waals surface area contributed by atoms with E-state index < -0.39 is 6.04 Å². The van der Waals surface area contributed by atoms with E-state index in [0.717, 1.165) is 11.1 Å². The third-order valence-corrected chi connectivity index (χ3v) is 6.82. The second-order valence-corrected chi connectivity index (χ2v) is 9.45. The van der Waals surface area contributed by atoms with E-state index in [4.69, 9.17) is 0 Å². The summed E-state index contributed by atoms with van der Waals surface area (Å²) in [5.74, 6) is 5.96. The van der Waals surface area contributed by atoms with E-state index in [1.165, 1.54) is 0 Å². The first-order valence-electron chi connectivity index (χ1n) is 12.8. The first kappa shape index (κ1) is 24.8. The Bertz CT molecular complexity index is 2020. The van der Waals surface area contributed by atoms with Gasteiger partial charge in [0.1, 0.15) is 11.3 Å². The molecule has 1 amide bonds. The molecule has 6 aromatic rings. The number of aryl methyl sites for hydroxylation is 2. The third kappa shape index (κ3) is 4.31. The van der Waals surface area contributed by atoms with Gasteiger partial charge in [-0.05, 0) is 61.6 Å². The molecule has 0 saturated heterocycles. The van der Waals surface area contributed by atoms with Crippen molar-refractivity contribution in [3.8, 4) is 17.5 Å². The highest BCUT2D eigenvalue weighted by molar-refractivity contribution is 6.01. The summed E-state index contributed by atoms with van der Waals surface area (Å²) in [7, 11) is 1.82. The van der Waals surface area contributed by atoms with Crippen molar-refractivity contribution in [3.05, 3.63) is 124 Å². The molecule has 0 fully saturated rings. The number of carbonyl (C=O) groups excluding carboxylic acids is 1. The highest BCUT2D eigenvalue weighted by atomic mass is 16.2. The van der Waals surface area contributed by atoms with Crippen LogP contribution in [0, 0.1) is 18.8 Å². The predicted octanol–water partition coefficient (Wildman–Crippen LogP) is 3.97. The minimum atomic E-state index is -0.521. The van der Waals surface area contributed by atoms with Gasteiger partial charge in [0, 0.05) is 36.4 Å². The number of aromatic nitrogens is 6. The maximum absolute atomic E-state index is 14.2. The van der Waals surface area contributed by atoms with Gasteiger partial charge in [-0.2, -0.15) is 10.2 Å². The van der Waals surface area contributed by atoms with Gasteiger partial charge in [-0.25, -0.2) is 9.50 Å². The van der Waals surface area contributed by atoms with Crippen LogP contribution < -0.4 is 10.9 Å². The molecule has 9 nitrogen and oxygen atoms in total. The van der Waals surface area contributed by atoms with Crippen molar-refractivity contribution in [1.82, 2.24) is 34.3 Å². The minimum absolute atomic E-state index is 0.219. The van der Waals surface area contributed by atoms with Crippen LogP contribution in [0.5, 0.6) is 0 Å². The van der Waals surface area contributed by atoms with Gasteiger partial charge in [0.15, 0.2) is 5.65 Å². The maximum atomic E-state index is 14.2. The SMILES string of the molecule is Cc1nn2cccnc2c1C(=O)NC(C)c1cc2cccc(C#Cc3ccnn3C)c2c(=O)n1-c1ccccc1. The number of para-hydroxylation sites is 1. The molecule has 0 spiro atoms. The quantitative estimate of drug-likeness (QED) is 0.350. The number of pyridine rings is 1. The lowest BCUT2D eigenvalue weighted by Gasteiger charge is -2.21. The number of amides is 1. The molecule has 1 atom stereocenters. The van der Waals surface area contributed by atoms with Gasteiger partial charge in [0.25, 0.3) is 11.5 Å². The molecule has 1 N–H and O–H groups in total. The highest BCUT2D eigenvalue weighted by Crippen LogP contribution is 2.24. The van der Waals surface area contributed by atoms with E-state index in [-0.39, 0.29) is 11.5 Å². The Kier molecular flexibility index (Phi) is 6.21. The average Bonchev–Trinajstić information content (AvgIpc) is 3.53. The smallest absolute Gasteiger partial charge is 0.264 e. The summed E-state index contributed by atoms with van der Waals surface area (Å²) in [6, 6.07) is 20.0. The molecule has 1 unspecified atom stereocenters. The molecule has 0 radical (unpaired) electrons. The zero-order chi connectivity index (χ0) is 27.8. The van der Waals surface area contributed by atoms with Gasteiger partial charge >= 0.3 is 0 Å². The van der Waals surface area contributed by atoms with Gasteiger partial charge in [0.05, 0.1) is 23.3 Å².